The molecule has 0 amide bonds. The molecular weight excluding hydrogens is 358 g/mol. The van der Waals surface area contributed by atoms with Crippen LogP contribution in [0.5, 0.6) is 5.75 Å². The summed E-state index contributed by atoms with van der Waals surface area (Å²) in [4.78, 5) is 0. The van der Waals surface area contributed by atoms with Gasteiger partial charge in [0.2, 0.25) is 0 Å². The van der Waals surface area contributed by atoms with Crippen molar-refractivity contribution in [2.24, 2.45) is 0 Å². The largest absolute Gasteiger partial charge is 1.00 e. The topological polar surface area (TPSA) is 18.5 Å². The molecule has 1 atom stereocenters. The standard InChI is InChI=1S/C23H34NO2.ClH/c1-4-5-16-23(21-12-8-6-9-13-21)24(2,3)17-18-25-19-20-26-22-14-10-7-11-15-22;/h6-15,23H,4-5,16-20H2,1-3H3;1H/q+1;/p-1. The number of para-hydroxylation sites is 1. The van der Waals surface area contributed by atoms with Crippen molar-refractivity contribution in [3.63, 3.8) is 0 Å². The van der Waals surface area contributed by atoms with Crippen LogP contribution in [0.1, 0.15) is 37.8 Å². The first-order valence-electron chi connectivity index (χ1n) is 9.76. The minimum Gasteiger partial charge on any atom is -1.00 e. The van der Waals surface area contributed by atoms with Crippen LogP contribution in [0.2, 0.25) is 0 Å². The van der Waals surface area contributed by atoms with Crippen LogP contribution >= 0.6 is 0 Å². The lowest BCUT2D eigenvalue weighted by atomic mass is 9.98. The molecule has 0 aliphatic heterocycles. The molecule has 0 N–H and O–H groups in total. The number of ether oxygens (including phenoxy) is 2. The van der Waals surface area contributed by atoms with Crippen LogP contribution in [0.4, 0.5) is 0 Å². The summed E-state index contributed by atoms with van der Waals surface area (Å²) in [6.07, 6.45) is 3.70. The maximum Gasteiger partial charge on any atom is 0.119 e. The maximum atomic E-state index is 5.84. The number of rotatable bonds is 12. The molecule has 1 unspecified atom stereocenters. The van der Waals surface area contributed by atoms with Crippen LogP contribution in [-0.4, -0.2) is 44.9 Å². The summed E-state index contributed by atoms with van der Waals surface area (Å²) >= 11 is 0. The monoisotopic (exact) mass is 391 g/mol. The van der Waals surface area contributed by atoms with E-state index in [1.807, 2.05) is 30.3 Å². The van der Waals surface area contributed by atoms with Crippen molar-refractivity contribution in [2.75, 3.05) is 40.5 Å². The van der Waals surface area contributed by atoms with E-state index in [0.717, 1.165) is 23.4 Å². The highest BCUT2D eigenvalue weighted by Crippen LogP contribution is 2.30. The van der Waals surface area contributed by atoms with Crippen LogP contribution in [0, 0.1) is 0 Å². The molecule has 0 fully saturated rings. The Hall–Kier alpha value is -1.55. The van der Waals surface area contributed by atoms with Crippen molar-refractivity contribution in [3.05, 3.63) is 66.2 Å². The molecule has 0 spiro atoms. The molecular formula is C23H34ClNO2. The van der Waals surface area contributed by atoms with Gasteiger partial charge in [-0.2, -0.15) is 0 Å². The van der Waals surface area contributed by atoms with Gasteiger partial charge >= 0.3 is 0 Å². The van der Waals surface area contributed by atoms with Crippen molar-refractivity contribution in [3.8, 4) is 5.75 Å². The Balaban J connectivity index is 0.00000364. The summed E-state index contributed by atoms with van der Waals surface area (Å²) in [5.74, 6) is 0.899. The van der Waals surface area contributed by atoms with Gasteiger partial charge in [-0.3, -0.25) is 0 Å². The van der Waals surface area contributed by atoms with Gasteiger partial charge in [-0.1, -0.05) is 61.9 Å². The van der Waals surface area contributed by atoms with E-state index in [2.05, 4.69) is 51.4 Å². The number of quaternary nitrogens is 1. The Bertz CT molecular complexity index is 604. The highest BCUT2D eigenvalue weighted by atomic mass is 35.5. The average molecular weight is 392 g/mol. The summed E-state index contributed by atoms with van der Waals surface area (Å²) < 4.78 is 12.5. The molecule has 3 nitrogen and oxygen atoms in total. The second-order valence-corrected chi connectivity index (χ2v) is 7.34. The fourth-order valence-corrected chi connectivity index (χ4v) is 3.29. The molecule has 0 aromatic heterocycles. The number of hydrogen-bond acceptors (Lipinski definition) is 2. The first-order valence-corrected chi connectivity index (χ1v) is 9.76. The third-order valence-electron chi connectivity index (χ3n) is 4.91. The number of unbranched alkanes of at least 4 members (excludes halogenated alkanes) is 1. The van der Waals surface area contributed by atoms with E-state index >= 15 is 0 Å². The molecule has 27 heavy (non-hydrogen) atoms. The SMILES string of the molecule is CCCCC(c1ccccc1)[N+](C)(C)CCOCCOc1ccccc1.[Cl-]. The van der Waals surface area contributed by atoms with Gasteiger partial charge < -0.3 is 26.4 Å². The lowest BCUT2D eigenvalue weighted by Gasteiger charge is -2.38. The molecule has 2 rings (SSSR count). The van der Waals surface area contributed by atoms with Gasteiger partial charge in [0.05, 0.1) is 27.3 Å². The highest BCUT2D eigenvalue weighted by molar-refractivity contribution is 5.20. The van der Waals surface area contributed by atoms with Gasteiger partial charge in [0.1, 0.15) is 24.9 Å². The Kier molecular flexibility index (Phi) is 11.1. The minimum absolute atomic E-state index is 0. The van der Waals surface area contributed by atoms with E-state index in [1.165, 1.54) is 24.8 Å². The zero-order valence-electron chi connectivity index (χ0n) is 16.9. The minimum atomic E-state index is 0. The van der Waals surface area contributed by atoms with Crippen molar-refractivity contribution in [1.82, 2.24) is 0 Å². The van der Waals surface area contributed by atoms with Crippen LogP contribution < -0.4 is 17.1 Å². The maximum absolute atomic E-state index is 5.84. The van der Waals surface area contributed by atoms with Gasteiger partial charge in [0.15, 0.2) is 0 Å². The van der Waals surface area contributed by atoms with E-state index in [0.29, 0.717) is 19.3 Å². The number of likely N-dealkylation sites (N-methyl/N-ethyl adjacent to an activating group) is 1. The normalized spacial score (nSPS) is 12.3. The molecule has 0 saturated heterocycles. The van der Waals surface area contributed by atoms with E-state index in [1.54, 1.807) is 0 Å². The van der Waals surface area contributed by atoms with Crippen LogP contribution in [0.3, 0.4) is 0 Å². The zero-order valence-corrected chi connectivity index (χ0v) is 17.7. The fourth-order valence-electron chi connectivity index (χ4n) is 3.29. The number of benzene rings is 2. The Labute approximate surface area is 171 Å². The lowest BCUT2D eigenvalue weighted by molar-refractivity contribution is -0.922. The van der Waals surface area contributed by atoms with E-state index < -0.39 is 0 Å². The molecule has 0 aliphatic rings. The van der Waals surface area contributed by atoms with Gasteiger partial charge in [0.25, 0.3) is 0 Å². The molecule has 0 saturated carbocycles. The summed E-state index contributed by atoms with van der Waals surface area (Å²) in [6.45, 7) is 5.22. The first kappa shape index (κ1) is 23.5. The summed E-state index contributed by atoms with van der Waals surface area (Å²) in [5.41, 5.74) is 1.43. The quantitative estimate of drug-likeness (QED) is 0.407. The average Bonchev–Trinajstić information content (AvgIpc) is 2.66. The fraction of sp³-hybridized carbons (Fsp3) is 0.478. The van der Waals surface area contributed by atoms with Gasteiger partial charge in [-0.05, 0) is 18.6 Å². The molecule has 4 heteroatoms. The first-order chi connectivity index (χ1) is 12.6. The third-order valence-corrected chi connectivity index (χ3v) is 4.91. The van der Waals surface area contributed by atoms with Crippen molar-refractivity contribution < 1.29 is 26.4 Å². The Morgan fingerprint density at radius 2 is 1.48 bits per heavy atom. The predicted molar refractivity (Wildman–Crippen MR) is 108 cm³/mol. The van der Waals surface area contributed by atoms with Gasteiger partial charge in [0, 0.05) is 12.0 Å². The Morgan fingerprint density at radius 3 is 2.11 bits per heavy atom. The van der Waals surface area contributed by atoms with Gasteiger partial charge in [-0.15, -0.1) is 0 Å². The zero-order chi connectivity index (χ0) is 18.7. The van der Waals surface area contributed by atoms with E-state index in [9.17, 15) is 0 Å². The molecule has 2 aromatic carbocycles. The van der Waals surface area contributed by atoms with Crippen LogP contribution in [-0.2, 0) is 4.74 Å². The smallest absolute Gasteiger partial charge is 0.119 e. The molecule has 0 aliphatic carbocycles. The van der Waals surface area contributed by atoms with Crippen LogP contribution in [0.15, 0.2) is 60.7 Å². The lowest BCUT2D eigenvalue weighted by Crippen LogP contribution is -3.00. The third kappa shape index (κ3) is 8.34. The number of nitrogens with zero attached hydrogens (tertiary/aromatic N) is 1. The summed E-state index contributed by atoms with van der Waals surface area (Å²) in [5, 5.41) is 0. The van der Waals surface area contributed by atoms with Crippen LogP contribution in [0.25, 0.3) is 0 Å². The molecule has 2 aromatic rings. The van der Waals surface area contributed by atoms with E-state index in [-0.39, 0.29) is 12.4 Å². The van der Waals surface area contributed by atoms with Crippen molar-refractivity contribution in [2.45, 2.75) is 32.2 Å². The molecule has 150 valence electrons. The summed E-state index contributed by atoms with van der Waals surface area (Å²) in [6, 6.07) is 21.3. The second kappa shape index (κ2) is 12.8. The number of halogens is 1. The summed E-state index contributed by atoms with van der Waals surface area (Å²) in [7, 11) is 4.63. The predicted octanol–water partition coefficient (Wildman–Crippen LogP) is 2.09. The molecule has 0 bridgehead atoms. The molecule has 0 radical (unpaired) electrons. The molecule has 0 heterocycles. The van der Waals surface area contributed by atoms with Gasteiger partial charge in [-0.25, -0.2) is 0 Å². The van der Waals surface area contributed by atoms with Crippen molar-refractivity contribution >= 4 is 0 Å². The second-order valence-electron chi connectivity index (χ2n) is 7.34. The number of hydrogen-bond donors (Lipinski definition) is 0. The van der Waals surface area contributed by atoms with E-state index in [4.69, 9.17) is 9.47 Å². The highest BCUT2D eigenvalue weighted by Gasteiger charge is 2.28. The van der Waals surface area contributed by atoms with Crippen molar-refractivity contribution in [1.29, 1.82) is 0 Å². The Morgan fingerprint density at radius 1 is 0.852 bits per heavy atom.